The molecule has 158 valence electrons. The van der Waals surface area contributed by atoms with Gasteiger partial charge in [0.15, 0.2) is 0 Å². The maximum Gasteiger partial charge on any atom is 0.496 e. The van der Waals surface area contributed by atoms with Crippen molar-refractivity contribution in [2.24, 2.45) is 0 Å². The molecule has 2 aromatic carbocycles. The zero-order chi connectivity index (χ0) is 22.1. The van der Waals surface area contributed by atoms with Gasteiger partial charge in [0.2, 0.25) is 0 Å². The van der Waals surface area contributed by atoms with Gasteiger partial charge in [0.25, 0.3) is 0 Å². The number of hydrogen-bond acceptors (Lipinski definition) is 5. The SMILES string of the molecule is CC1(C)OB(c2ccc(-c3nc4ccccc4c4sc5ccccc5c34)nc2)OC1(C)C. The van der Waals surface area contributed by atoms with E-state index in [1.807, 2.05) is 35.7 Å². The first kappa shape index (κ1) is 19.9. The Labute approximate surface area is 191 Å². The lowest BCUT2D eigenvalue weighted by atomic mass is 9.80. The van der Waals surface area contributed by atoms with Crippen LogP contribution in [0.2, 0.25) is 0 Å². The summed E-state index contributed by atoms with van der Waals surface area (Å²) in [6.45, 7) is 8.25. The molecule has 0 bridgehead atoms. The van der Waals surface area contributed by atoms with Crippen molar-refractivity contribution in [1.82, 2.24) is 9.97 Å². The number of pyridine rings is 2. The molecular weight excluding hydrogens is 415 g/mol. The van der Waals surface area contributed by atoms with Crippen molar-refractivity contribution in [2.45, 2.75) is 38.9 Å². The second-order valence-corrected chi connectivity index (χ2v) is 10.4. The number of benzene rings is 2. The minimum atomic E-state index is -0.423. The number of nitrogens with zero attached hydrogens (tertiary/aromatic N) is 2. The van der Waals surface area contributed by atoms with E-state index < -0.39 is 7.12 Å². The van der Waals surface area contributed by atoms with E-state index in [1.54, 1.807) is 0 Å². The topological polar surface area (TPSA) is 44.2 Å². The van der Waals surface area contributed by atoms with Crippen LogP contribution in [-0.4, -0.2) is 28.3 Å². The average Bonchev–Trinajstić information content (AvgIpc) is 3.27. The highest BCUT2D eigenvalue weighted by molar-refractivity contribution is 7.26. The highest BCUT2D eigenvalue weighted by Crippen LogP contribution is 2.42. The third-order valence-electron chi connectivity index (χ3n) is 6.77. The highest BCUT2D eigenvalue weighted by Gasteiger charge is 2.51. The molecule has 4 nitrogen and oxygen atoms in total. The van der Waals surface area contributed by atoms with Crippen molar-refractivity contribution in [3.8, 4) is 11.4 Å². The molecular formula is C26H23BN2O2S. The summed E-state index contributed by atoms with van der Waals surface area (Å²) in [5.74, 6) is 0. The first-order chi connectivity index (χ1) is 15.3. The van der Waals surface area contributed by atoms with Crippen LogP contribution in [0.25, 0.3) is 42.5 Å². The van der Waals surface area contributed by atoms with Gasteiger partial charge in [0.1, 0.15) is 0 Å². The molecule has 6 rings (SSSR count). The van der Waals surface area contributed by atoms with E-state index in [4.69, 9.17) is 19.3 Å². The highest BCUT2D eigenvalue weighted by atomic mass is 32.1. The van der Waals surface area contributed by atoms with Gasteiger partial charge in [-0.1, -0.05) is 42.5 Å². The van der Waals surface area contributed by atoms with E-state index in [1.165, 1.54) is 25.6 Å². The van der Waals surface area contributed by atoms with Crippen LogP contribution in [0, 0.1) is 0 Å². The van der Waals surface area contributed by atoms with Gasteiger partial charge in [0, 0.05) is 37.2 Å². The van der Waals surface area contributed by atoms with Crippen LogP contribution in [0.4, 0.5) is 0 Å². The fourth-order valence-corrected chi connectivity index (χ4v) is 5.50. The Morgan fingerprint density at radius 2 is 1.50 bits per heavy atom. The molecule has 0 N–H and O–H groups in total. The number of thiophene rings is 1. The van der Waals surface area contributed by atoms with E-state index in [0.29, 0.717) is 0 Å². The third-order valence-corrected chi connectivity index (χ3v) is 7.97. The molecule has 0 atom stereocenters. The first-order valence-electron chi connectivity index (χ1n) is 10.9. The van der Waals surface area contributed by atoms with Crippen LogP contribution in [0.1, 0.15) is 27.7 Å². The zero-order valence-electron chi connectivity index (χ0n) is 18.5. The van der Waals surface area contributed by atoms with E-state index >= 15 is 0 Å². The Bertz CT molecular complexity index is 1480. The molecule has 0 saturated carbocycles. The Kier molecular flexibility index (Phi) is 4.25. The average molecular weight is 438 g/mol. The number of aromatic nitrogens is 2. The summed E-state index contributed by atoms with van der Waals surface area (Å²) in [5, 5.41) is 3.57. The largest absolute Gasteiger partial charge is 0.496 e. The van der Waals surface area contributed by atoms with Gasteiger partial charge >= 0.3 is 7.12 Å². The van der Waals surface area contributed by atoms with Crippen LogP contribution in [0.3, 0.4) is 0 Å². The Hall–Kier alpha value is -2.80. The summed E-state index contributed by atoms with van der Waals surface area (Å²) >= 11 is 1.82. The molecule has 6 heteroatoms. The summed E-state index contributed by atoms with van der Waals surface area (Å²) in [7, 11) is -0.423. The first-order valence-corrected chi connectivity index (χ1v) is 11.7. The Morgan fingerprint density at radius 1 is 0.812 bits per heavy atom. The predicted octanol–water partition coefficient (Wildman–Crippen LogP) is 5.96. The number of para-hydroxylation sites is 1. The van der Waals surface area contributed by atoms with Crippen LogP contribution in [-0.2, 0) is 9.31 Å². The maximum atomic E-state index is 6.19. The lowest BCUT2D eigenvalue weighted by Gasteiger charge is -2.32. The van der Waals surface area contributed by atoms with Crippen molar-refractivity contribution >= 4 is 55.0 Å². The second-order valence-electron chi connectivity index (χ2n) is 9.34. The summed E-state index contributed by atoms with van der Waals surface area (Å²) in [4.78, 5) is 9.87. The van der Waals surface area contributed by atoms with E-state index in [9.17, 15) is 0 Å². The van der Waals surface area contributed by atoms with Crippen LogP contribution < -0.4 is 5.46 Å². The molecule has 0 aliphatic carbocycles. The molecule has 1 saturated heterocycles. The number of rotatable bonds is 2. The van der Waals surface area contributed by atoms with E-state index in [-0.39, 0.29) is 11.2 Å². The lowest BCUT2D eigenvalue weighted by Crippen LogP contribution is -2.41. The third kappa shape index (κ3) is 2.90. The van der Waals surface area contributed by atoms with Crippen molar-refractivity contribution in [3.05, 3.63) is 66.9 Å². The fraction of sp³-hybridized carbons (Fsp3) is 0.231. The van der Waals surface area contributed by atoms with Crippen LogP contribution >= 0.6 is 11.3 Å². The lowest BCUT2D eigenvalue weighted by molar-refractivity contribution is 0.00578. The zero-order valence-corrected chi connectivity index (χ0v) is 19.4. The Morgan fingerprint density at radius 3 is 2.22 bits per heavy atom. The van der Waals surface area contributed by atoms with E-state index in [2.05, 4.69) is 70.2 Å². The van der Waals surface area contributed by atoms with Crippen molar-refractivity contribution < 1.29 is 9.31 Å². The molecule has 0 spiro atoms. The van der Waals surface area contributed by atoms with Gasteiger partial charge in [-0.25, -0.2) is 4.98 Å². The van der Waals surface area contributed by atoms with Crippen molar-refractivity contribution in [2.75, 3.05) is 0 Å². The quantitative estimate of drug-likeness (QED) is 0.319. The van der Waals surface area contributed by atoms with Gasteiger partial charge in [-0.2, -0.15) is 0 Å². The van der Waals surface area contributed by atoms with Gasteiger partial charge < -0.3 is 9.31 Å². The molecule has 1 aliphatic rings. The number of fused-ring (bicyclic) bond motifs is 5. The fourth-order valence-electron chi connectivity index (χ4n) is 4.26. The summed E-state index contributed by atoms with van der Waals surface area (Å²) in [6.07, 6.45) is 1.86. The van der Waals surface area contributed by atoms with Crippen LogP contribution in [0.5, 0.6) is 0 Å². The van der Waals surface area contributed by atoms with Gasteiger partial charge in [-0.15, -0.1) is 11.3 Å². The van der Waals surface area contributed by atoms with Gasteiger partial charge in [0.05, 0.1) is 28.1 Å². The van der Waals surface area contributed by atoms with Gasteiger partial charge in [-0.3, -0.25) is 4.98 Å². The van der Waals surface area contributed by atoms with E-state index in [0.717, 1.165) is 22.4 Å². The normalized spacial score (nSPS) is 17.6. The molecule has 0 amide bonds. The number of hydrogen-bond donors (Lipinski definition) is 0. The predicted molar refractivity (Wildman–Crippen MR) is 134 cm³/mol. The Balaban J connectivity index is 1.51. The summed E-state index contributed by atoms with van der Waals surface area (Å²) in [5.41, 5.74) is 2.91. The molecule has 1 aliphatic heterocycles. The van der Waals surface area contributed by atoms with Crippen molar-refractivity contribution in [3.63, 3.8) is 0 Å². The molecule has 3 aromatic heterocycles. The summed E-state index contributed by atoms with van der Waals surface area (Å²) < 4.78 is 14.9. The monoisotopic (exact) mass is 438 g/mol. The standard InChI is InChI=1S/C26H23BN2O2S/c1-25(2)26(3,4)31-27(30-25)16-13-14-20(28-15-16)23-22-18-10-6-8-12-21(18)32-24(22)17-9-5-7-11-19(17)29-23/h5-15H,1-4H3. The summed E-state index contributed by atoms with van der Waals surface area (Å²) in [6, 6.07) is 20.9. The molecule has 1 fully saturated rings. The molecule has 0 unspecified atom stereocenters. The van der Waals surface area contributed by atoms with Crippen LogP contribution in [0.15, 0.2) is 66.9 Å². The molecule has 0 radical (unpaired) electrons. The minimum absolute atomic E-state index is 0.377. The van der Waals surface area contributed by atoms with Gasteiger partial charge in [-0.05, 0) is 45.9 Å². The molecule has 4 heterocycles. The minimum Gasteiger partial charge on any atom is -0.399 e. The maximum absolute atomic E-state index is 6.19. The molecule has 32 heavy (non-hydrogen) atoms. The smallest absolute Gasteiger partial charge is 0.399 e. The molecule has 5 aromatic rings. The van der Waals surface area contributed by atoms with Crippen molar-refractivity contribution in [1.29, 1.82) is 0 Å². The second kappa shape index (κ2) is 6.85.